The normalized spacial score (nSPS) is 21.7. The van der Waals surface area contributed by atoms with Crippen LogP contribution >= 0.6 is 11.8 Å². The second-order valence-electron chi connectivity index (χ2n) is 4.75. The number of methoxy groups -OCH3 is 1. The van der Waals surface area contributed by atoms with E-state index in [2.05, 4.69) is 10.6 Å². The molecular weight excluding hydrogens is 276 g/mol. The van der Waals surface area contributed by atoms with Crippen molar-refractivity contribution >= 4 is 17.7 Å². The molecule has 1 saturated heterocycles. The van der Waals surface area contributed by atoms with Gasteiger partial charge in [-0.15, -0.1) is 11.8 Å². The summed E-state index contributed by atoms with van der Waals surface area (Å²) in [5.74, 6) is 1.29. The Balaban J connectivity index is 1.69. The Morgan fingerprint density at radius 3 is 2.80 bits per heavy atom. The van der Waals surface area contributed by atoms with Crippen LogP contribution in [0.25, 0.3) is 0 Å². The number of rotatable bonds is 6. The Kier molecular flexibility index (Phi) is 5.70. The summed E-state index contributed by atoms with van der Waals surface area (Å²) in [5.41, 5.74) is 0. The third kappa shape index (κ3) is 4.40. The highest BCUT2D eigenvalue weighted by Gasteiger charge is 2.24. The van der Waals surface area contributed by atoms with E-state index in [-0.39, 0.29) is 17.9 Å². The molecule has 2 rings (SSSR count). The fraction of sp³-hybridized carbons (Fsp3) is 0.500. The minimum absolute atomic E-state index is 0.00934. The lowest BCUT2D eigenvalue weighted by Crippen LogP contribution is -2.35. The summed E-state index contributed by atoms with van der Waals surface area (Å²) >= 11 is 1.49. The lowest BCUT2D eigenvalue weighted by atomic mass is 10.1. The van der Waals surface area contributed by atoms with Crippen molar-refractivity contribution in [1.29, 1.82) is 0 Å². The van der Waals surface area contributed by atoms with Crippen LogP contribution in [0.2, 0.25) is 0 Å². The molecule has 1 aromatic rings. The average Bonchev–Trinajstić information content (AvgIpc) is 2.89. The van der Waals surface area contributed by atoms with Crippen LogP contribution in [0, 0.1) is 5.92 Å². The fourth-order valence-corrected chi connectivity index (χ4v) is 2.77. The van der Waals surface area contributed by atoms with Crippen LogP contribution in [-0.4, -0.2) is 49.6 Å². The summed E-state index contributed by atoms with van der Waals surface area (Å²) in [6.45, 7) is 1.89. The minimum atomic E-state index is -0.357. The van der Waals surface area contributed by atoms with E-state index >= 15 is 0 Å². The highest BCUT2D eigenvalue weighted by molar-refractivity contribution is 8.00. The molecule has 1 fully saturated rings. The zero-order valence-electron chi connectivity index (χ0n) is 11.5. The molecule has 1 amide bonds. The molecule has 0 radical (unpaired) electrons. The summed E-state index contributed by atoms with van der Waals surface area (Å²) in [5, 5.41) is 15.6. The number of hydrogen-bond donors (Lipinski definition) is 3. The first-order chi connectivity index (χ1) is 9.69. The molecule has 5 nitrogen and oxygen atoms in total. The van der Waals surface area contributed by atoms with Crippen LogP contribution in [0.5, 0.6) is 5.75 Å². The van der Waals surface area contributed by atoms with Crippen molar-refractivity contribution in [3.63, 3.8) is 0 Å². The monoisotopic (exact) mass is 296 g/mol. The Labute approximate surface area is 123 Å². The number of hydrogen-bond acceptors (Lipinski definition) is 5. The first kappa shape index (κ1) is 15.2. The molecule has 0 saturated carbocycles. The van der Waals surface area contributed by atoms with E-state index in [1.165, 1.54) is 11.8 Å². The van der Waals surface area contributed by atoms with Gasteiger partial charge in [0.25, 0.3) is 0 Å². The maximum absolute atomic E-state index is 11.7. The van der Waals surface area contributed by atoms with Gasteiger partial charge in [0.1, 0.15) is 5.75 Å². The van der Waals surface area contributed by atoms with E-state index in [0.717, 1.165) is 17.2 Å². The van der Waals surface area contributed by atoms with Crippen LogP contribution in [0.3, 0.4) is 0 Å². The number of carbonyl (C=O) groups excluding carboxylic acids is 1. The predicted octanol–water partition coefficient (Wildman–Crippen LogP) is 0.484. The molecule has 0 aliphatic carbocycles. The van der Waals surface area contributed by atoms with E-state index in [4.69, 9.17) is 4.74 Å². The SMILES string of the molecule is COc1ccc(SCC(=O)NCC2CNCC2O)cc1. The molecule has 1 aliphatic rings. The number of thioether (sulfide) groups is 1. The largest absolute Gasteiger partial charge is 0.497 e. The Bertz CT molecular complexity index is 439. The molecule has 20 heavy (non-hydrogen) atoms. The van der Waals surface area contributed by atoms with Gasteiger partial charge in [-0.3, -0.25) is 4.79 Å². The van der Waals surface area contributed by atoms with Crippen molar-refractivity contribution in [2.75, 3.05) is 32.5 Å². The minimum Gasteiger partial charge on any atom is -0.497 e. The highest BCUT2D eigenvalue weighted by atomic mass is 32.2. The van der Waals surface area contributed by atoms with Crippen LogP contribution in [-0.2, 0) is 4.79 Å². The lowest BCUT2D eigenvalue weighted by molar-refractivity contribution is -0.118. The van der Waals surface area contributed by atoms with Crippen molar-refractivity contribution in [1.82, 2.24) is 10.6 Å². The number of nitrogens with one attached hydrogen (secondary N) is 2. The zero-order chi connectivity index (χ0) is 14.4. The quantitative estimate of drug-likeness (QED) is 0.666. The van der Waals surface area contributed by atoms with E-state index in [9.17, 15) is 9.90 Å². The number of amides is 1. The predicted molar refractivity (Wildman–Crippen MR) is 79.1 cm³/mol. The fourth-order valence-electron chi connectivity index (χ4n) is 2.04. The molecule has 0 aromatic heterocycles. The lowest BCUT2D eigenvalue weighted by Gasteiger charge is -2.13. The van der Waals surface area contributed by atoms with Gasteiger partial charge in [0, 0.05) is 30.4 Å². The number of β-amino-alcohol motifs (C(OH)–C–C–N with tert-alkyl or cyclic N) is 1. The third-order valence-electron chi connectivity index (χ3n) is 3.29. The maximum atomic E-state index is 11.7. The van der Waals surface area contributed by atoms with Gasteiger partial charge in [0.2, 0.25) is 5.91 Å². The van der Waals surface area contributed by atoms with E-state index < -0.39 is 0 Å². The summed E-state index contributed by atoms with van der Waals surface area (Å²) in [6.07, 6.45) is -0.357. The molecule has 3 N–H and O–H groups in total. The van der Waals surface area contributed by atoms with E-state index in [1.807, 2.05) is 24.3 Å². The molecule has 0 bridgehead atoms. The van der Waals surface area contributed by atoms with Gasteiger partial charge in [-0.05, 0) is 24.3 Å². The van der Waals surface area contributed by atoms with Gasteiger partial charge >= 0.3 is 0 Å². The molecule has 1 aliphatic heterocycles. The summed E-state index contributed by atoms with van der Waals surface area (Å²) < 4.78 is 5.08. The summed E-state index contributed by atoms with van der Waals surface area (Å²) in [7, 11) is 1.63. The van der Waals surface area contributed by atoms with Gasteiger partial charge in [-0.25, -0.2) is 0 Å². The van der Waals surface area contributed by atoms with Crippen LogP contribution in [0.4, 0.5) is 0 Å². The van der Waals surface area contributed by atoms with Crippen LogP contribution in [0.15, 0.2) is 29.2 Å². The second-order valence-corrected chi connectivity index (χ2v) is 5.80. The molecule has 110 valence electrons. The molecule has 1 heterocycles. The number of benzene rings is 1. The van der Waals surface area contributed by atoms with Crippen LogP contribution in [0.1, 0.15) is 0 Å². The molecular formula is C14H20N2O3S. The topological polar surface area (TPSA) is 70.6 Å². The Morgan fingerprint density at radius 1 is 1.45 bits per heavy atom. The number of ether oxygens (including phenoxy) is 1. The Hall–Kier alpha value is -1.24. The smallest absolute Gasteiger partial charge is 0.230 e. The van der Waals surface area contributed by atoms with E-state index in [0.29, 0.717) is 18.8 Å². The van der Waals surface area contributed by atoms with Gasteiger partial charge in [0.05, 0.1) is 19.0 Å². The summed E-state index contributed by atoms with van der Waals surface area (Å²) in [4.78, 5) is 12.8. The molecule has 6 heteroatoms. The van der Waals surface area contributed by atoms with Gasteiger partial charge in [-0.2, -0.15) is 0 Å². The number of carbonyl (C=O) groups is 1. The van der Waals surface area contributed by atoms with E-state index in [1.54, 1.807) is 7.11 Å². The first-order valence-electron chi connectivity index (χ1n) is 6.61. The molecule has 2 atom stereocenters. The zero-order valence-corrected chi connectivity index (χ0v) is 12.3. The summed E-state index contributed by atoms with van der Waals surface area (Å²) in [6, 6.07) is 7.62. The number of aliphatic hydroxyl groups excluding tert-OH is 1. The van der Waals surface area contributed by atoms with Gasteiger partial charge in [-0.1, -0.05) is 0 Å². The van der Waals surface area contributed by atoms with Crippen molar-refractivity contribution in [3.05, 3.63) is 24.3 Å². The standard InChI is InChI=1S/C14H20N2O3S/c1-19-11-2-4-12(5-3-11)20-9-14(18)16-7-10-6-15-8-13(10)17/h2-5,10,13,15,17H,6-9H2,1H3,(H,16,18). The van der Waals surface area contributed by atoms with Crippen LogP contribution < -0.4 is 15.4 Å². The van der Waals surface area contributed by atoms with Crippen molar-refractivity contribution in [2.24, 2.45) is 5.92 Å². The maximum Gasteiger partial charge on any atom is 0.230 e. The highest BCUT2D eigenvalue weighted by Crippen LogP contribution is 2.20. The first-order valence-corrected chi connectivity index (χ1v) is 7.60. The Morgan fingerprint density at radius 2 is 2.20 bits per heavy atom. The average molecular weight is 296 g/mol. The van der Waals surface area contributed by atoms with Crippen molar-refractivity contribution in [2.45, 2.75) is 11.0 Å². The molecule has 2 unspecified atom stereocenters. The second kappa shape index (κ2) is 7.52. The van der Waals surface area contributed by atoms with Gasteiger partial charge in [0.15, 0.2) is 0 Å². The molecule has 1 aromatic carbocycles. The van der Waals surface area contributed by atoms with Gasteiger partial charge < -0.3 is 20.5 Å². The molecule has 0 spiro atoms. The third-order valence-corrected chi connectivity index (χ3v) is 4.31. The number of aliphatic hydroxyl groups is 1. The van der Waals surface area contributed by atoms with Crippen molar-refractivity contribution in [3.8, 4) is 5.75 Å². The van der Waals surface area contributed by atoms with Crippen molar-refractivity contribution < 1.29 is 14.6 Å².